The van der Waals surface area contributed by atoms with Crippen molar-refractivity contribution in [3.63, 3.8) is 0 Å². The van der Waals surface area contributed by atoms with Gasteiger partial charge in [-0.05, 0) is 23.6 Å². The number of benzene rings is 1. The van der Waals surface area contributed by atoms with E-state index in [-0.39, 0.29) is 11.8 Å². The zero-order chi connectivity index (χ0) is 13.8. The van der Waals surface area contributed by atoms with Gasteiger partial charge < -0.3 is 9.64 Å². The average molecular weight is 281 g/mol. The van der Waals surface area contributed by atoms with Gasteiger partial charge in [0.1, 0.15) is 5.75 Å². The van der Waals surface area contributed by atoms with Crippen molar-refractivity contribution in [2.24, 2.45) is 11.0 Å². The molecule has 0 radical (unpaired) electrons. The molecular weight excluding hydrogens is 268 g/mol. The Balaban J connectivity index is 2.20. The molecule has 1 fully saturated rings. The highest BCUT2D eigenvalue weighted by molar-refractivity contribution is 6.31. The largest absolute Gasteiger partial charge is 0.497 e. The van der Waals surface area contributed by atoms with Gasteiger partial charge in [0, 0.05) is 41.2 Å². The van der Waals surface area contributed by atoms with Gasteiger partial charge >= 0.3 is 0 Å². The normalized spacial score (nSPS) is 18.3. The molecule has 19 heavy (non-hydrogen) atoms. The highest BCUT2D eigenvalue weighted by Crippen LogP contribution is 2.31. The van der Waals surface area contributed by atoms with E-state index in [1.54, 1.807) is 30.2 Å². The average Bonchev–Trinajstić information content (AvgIpc) is 2.76. The van der Waals surface area contributed by atoms with Crippen molar-refractivity contribution in [2.75, 3.05) is 25.1 Å². The molecule has 0 bridgehead atoms. The highest BCUT2D eigenvalue weighted by Gasteiger charge is 2.30. The fourth-order valence-electron chi connectivity index (χ4n) is 2.13. The quantitative estimate of drug-likeness (QED) is 0.483. The van der Waals surface area contributed by atoms with E-state index in [4.69, 9.17) is 21.9 Å². The zero-order valence-corrected chi connectivity index (χ0v) is 11.2. The summed E-state index contributed by atoms with van der Waals surface area (Å²) in [6, 6.07) is 5.17. The van der Waals surface area contributed by atoms with E-state index in [1.807, 2.05) is 0 Å². The van der Waals surface area contributed by atoms with Crippen LogP contribution >= 0.6 is 11.6 Å². The van der Waals surface area contributed by atoms with Gasteiger partial charge in [0.25, 0.3) is 0 Å². The number of hydrogen-bond acceptors (Lipinski definition) is 3. The predicted octanol–water partition coefficient (Wildman–Crippen LogP) is 3.01. The zero-order valence-electron chi connectivity index (χ0n) is 10.4. The molecule has 7 heteroatoms. The van der Waals surface area contributed by atoms with E-state index in [2.05, 4.69) is 10.0 Å². The number of anilines is 1. The summed E-state index contributed by atoms with van der Waals surface area (Å²) in [7, 11) is 1.55. The van der Waals surface area contributed by atoms with Crippen molar-refractivity contribution in [1.82, 2.24) is 0 Å². The van der Waals surface area contributed by atoms with Crippen molar-refractivity contribution in [3.05, 3.63) is 33.7 Å². The lowest BCUT2D eigenvalue weighted by Crippen LogP contribution is -2.24. The van der Waals surface area contributed by atoms with Crippen LogP contribution in [0.4, 0.5) is 5.69 Å². The molecular formula is C12H13ClN4O2. The van der Waals surface area contributed by atoms with Crippen molar-refractivity contribution in [2.45, 2.75) is 6.42 Å². The lowest BCUT2D eigenvalue weighted by Gasteiger charge is -2.17. The van der Waals surface area contributed by atoms with Gasteiger partial charge in [-0.3, -0.25) is 4.79 Å². The summed E-state index contributed by atoms with van der Waals surface area (Å²) in [5, 5.41) is 4.03. The number of carbonyl (C=O) groups is 1. The number of azide groups is 1. The molecule has 100 valence electrons. The van der Waals surface area contributed by atoms with Crippen LogP contribution in [0.25, 0.3) is 10.4 Å². The highest BCUT2D eigenvalue weighted by atomic mass is 35.5. The first-order valence-corrected chi connectivity index (χ1v) is 6.17. The molecule has 1 heterocycles. The molecule has 0 N–H and O–H groups in total. The number of rotatable bonds is 4. The minimum Gasteiger partial charge on any atom is -0.497 e. The van der Waals surface area contributed by atoms with Gasteiger partial charge in [0.2, 0.25) is 5.91 Å². The van der Waals surface area contributed by atoms with Crippen LogP contribution in [-0.4, -0.2) is 26.1 Å². The Bertz CT molecular complexity index is 543. The minimum atomic E-state index is 0.00228. The standard InChI is InChI=1S/C12H13ClN4O2/c1-19-11-4-9(13)3-10(5-11)17-7-8(2-12(17)18)6-15-16-14/h3-5,8H,2,6-7H2,1H3. The molecule has 1 aromatic carbocycles. The second-order valence-electron chi connectivity index (χ2n) is 4.34. The van der Waals surface area contributed by atoms with Crippen LogP contribution < -0.4 is 9.64 Å². The summed E-state index contributed by atoms with van der Waals surface area (Å²) in [6.07, 6.45) is 0.383. The van der Waals surface area contributed by atoms with Gasteiger partial charge in [-0.2, -0.15) is 0 Å². The Morgan fingerprint density at radius 2 is 2.37 bits per heavy atom. The minimum absolute atomic E-state index is 0.00228. The number of nitrogens with zero attached hydrogens (tertiary/aromatic N) is 4. The summed E-state index contributed by atoms with van der Waals surface area (Å²) in [6.45, 7) is 0.859. The van der Waals surface area contributed by atoms with Crippen LogP contribution in [-0.2, 0) is 4.79 Å². The number of ether oxygens (including phenoxy) is 1. The third-order valence-corrected chi connectivity index (χ3v) is 3.23. The number of methoxy groups -OCH3 is 1. The monoisotopic (exact) mass is 280 g/mol. The van der Waals surface area contributed by atoms with Crippen LogP contribution in [0.2, 0.25) is 5.02 Å². The molecule has 1 unspecified atom stereocenters. The summed E-state index contributed by atoms with van der Waals surface area (Å²) in [5.74, 6) is 0.657. The SMILES string of the molecule is COc1cc(Cl)cc(N2CC(CN=[N+]=[N-])CC2=O)c1. The first-order chi connectivity index (χ1) is 9.13. The van der Waals surface area contributed by atoms with Gasteiger partial charge in [0.15, 0.2) is 0 Å². The Kier molecular flexibility index (Phi) is 4.14. The number of carbonyl (C=O) groups excluding carboxylic acids is 1. The number of hydrogen-bond donors (Lipinski definition) is 0. The maximum absolute atomic E-state index is 12.0. The lowest BCUT2D eigenvalue weighted by molar-refractivity contribution is -0.117. The predicted molar refractivity (Wildman–Crippen MR) is 72.5 cm³/mol. The van der Waals surface area contributed by atoms with Crippen LogP contribution in [0.15, 0.2) is 23.3 Å². The summed E-state index contributed by atoms with van der Waals surface area (Å²) < 4.78 is 5.13. The van der Waals surface area contributed by atoms with Crippen LogP contribution in [0.5, 0.6) is 5.75 Å². The second kappa shape index (κ2) is 5.82. The van der Waals surface area contributed by atoms with Crippen molar-refractivity contribution in [3.8, 4) is 5.75 Å². The van der Waals surface area contributed by atoms with Crippen molar-refractivity contribution < 1.29 is 9.53 Å². The second-order valence-corrected chi connectivity index (χ2v) is 4.77. The fraction of sp³-hybridized carbons (Fsp3) is 0.417. The molecule has 1 aromatic rings. The van der Waals surface area contributed by atoms with Crippen LogP contribution in [0.3, 0.4) is 0 Å². The first-order valence-electron chi connectivity index (χ1n) is 5.80. The molecule has 1 atom stereocenters. The molecule has 0 saturated carbocycles. The Hall–Kier alpha value is -1.91. The van der Waals surface area contributed by atoms with Crippen molar-refractivity contribution >= 4 is 23.2 Å². The molecule has 6 nitrogen and oxygen atoms in total. The third-order valence-electron chi connectivity index (χ3n) is 3.01. The maximum atomic E-state index is 12.0. The van der Waals surface area contributed by atoms with E-state index in [0.717, 1.165) is 0 Å². The molecule has 1 saturated heterocycles. The smallest absolute Gasteiger partial charge is 0.227 e. The van der Waals surface area contributed by atoms with Crippen molar-refractivity contribution in [1.29, 1.82) is 0 Å². The van der Waals surface area contributed by atoms with E-state index in [9.17, 15) is 4.79 Å². The third kappa shape index (κ3) is 3.10. The van der Waals surface area contributed by atoms with E-state index in [0.29, 0.717) is 36.0 Å². The molecule has 1 aliphatic rings. The van der Waals surface area contributed by atoms with Gasteiger partial charge in [-0.25, -0.2) is 0 Å². The van der Waals surface area contributed by atoms with Gasteiger partial charge in [-0.15, -0.1) is 0 Å². The van der Waals surface area contributed by atoms with Crippen LogP contribution in [0, 0.1) is 5.92 Å². The molecule has 1 amide bonds. The van der Waals surface area contributed by atoms with Gasteiger partial charge in [0.05, 0.1) is 7.11 Å². The fourth-order valence-corrected chi connectivity index (χ4v) is 2.35. The summed E-state index contributed by atoms with van der Waals surface area (Å²) in [5.41, 5.74) is 9.01. The van der Waals surface area contributed by atoms with Gasteiger partial charge in [-0.1, -0.05) is 16.7 Å². The van der Waals surface area contributed by atoms with E-state index in [1.165, 1.54) is 0 Å². The molecule has 0 aliphatic carbocycles. The topological polar surface area (TPSA) is 78.3 Å². The van der Waals surface area contributed by atoms with E-state index >= 15 is 0 Å². The lowest BCUT2D eigenvalue weighted by atomic mass is 10.1. The Morgan fingerprint density at radius 3 is 3.05 bits per heavy atom. The molecule has 2 rings (SSSR count). The van der Waals surface area contributed by atoms with E-state index < -0.39 is 0 Å². The maximum Gasteiger partial charge on any atom is 0.227 e. The molecule has 1 aliphatic heterocycles. The Morgan fingerprint density at radius 1 is 1.58 bits per heavy atom. The number of amides is 1. The Labute approximate surface area is 115 Å². The molecule has 0 spiro atoms. The summed E-state index contributed by atoms with van der Waals surface area (Å²) >= 11 is 5.99. The summed E-state index contributed by atoms with van der Waals surface area (Å²) in [4.78, 5) is 16.3. The first kappa shape index (κ1) is 13.5. The molecule has 0 aromatic heterocycles. The van der Waals surface area contributed by atoms with Crippen LogP contribution in [0.1, 0.15) is 6.42 Å². The number of halogens is 1.